The van der Waals surface area contributed by atoms with Crippen molar-refractivity contribution in [3.05, 3.63) is 70.1 Å². The molecule has 3 rings (SSSR count). The molecule has 0 saturated carbocycles. The smallest absolute Gasteiger partial charge is 0.379 e. The highest BCUT2D eigenvalue weighted by molar-refractivity contribution is 5.77. The Morgan fingerprint density at radius 1 is 1.17 bits per heavy atom. The molecule has 2 aromatic carbocycles. The van der Waals surface area contributed by atoms with E-state index in [4.69, 9.17) is 14.4 Å². The van der Waals surface area contributed by atoms with Gasteiger partial charge in [-0.25, -0.2) is 4.79 Å². The van der Waals surface area contributed by atoms with Crippen LogP contribution < -0.4 is 10.4 Å². The molecule has 1 aromatic heterocycles. The number of ether oxygens (including phenoxy) is 1. The van der Waals surface area contributed by atoms with Crippen LogP contribution in [0, 0.1) is 11.3 Å². The minimum absolute atomic E-state index is 0.0488. The number of nitrogens with zero attached hydrogens (tertiary/aromatic N) is 1. The van der Waals surface area contributed by atoms with Crippen molar-refractivity contribution >= 4 is 11.0 Å². The average molecular weight is 307 g/mol. The summed E-state index contributed by atoms with van der Waals surface area (Å²) in [4.78, 5) is 11.9. The Morgan fingerprint density at radius 2 is 2.00 bits per heavy atom. The number of nitriles is 1. The molecule has 0 amide bonds. The van der Waals surface area contributed by atoms with E-state index in [0.717, 1.165) is 10.9 Å². The number of phenols is 1. The minimum Gasteiger partial charge on any atom is -0.507 e. The minimum atomic E-state index is -0.521. The van der Waals surface area contributed by atoms with Crippen molar-refractivity contribution in [3.8, 4) is 17.6 Å². The van der Waals surface area contributed by atoms with Crippen LogP contribution in [0.25, 0.3) is 11.0 Å². The van der Waals surface area contributed by atoms with E-state index in [-0.39, 0.29) is 23.7 Å². The van der Waals surface area contributed by atoms with Gasteiger partial charge in [0.1, 0.15) is 17.4 Å². The van der Waals surface area contributed by atoms with E-state index in [9.17, 15) is 9.90 Å². The van der Waals surface area contributed by atoms with Crippen molar-refractivity contribution in [2.24, 2.45) is 0 Å². The van der Waals surface area contributed by atoms with Crippen LogP contribution >= 0.6 is 0 Å². The second-order valence-corrected chi connectivity index (χ2v) is 5.00. The zero-order valence-electron chi connectivity index (χ0n) is 12.2. The highest BCUT2D eigenvalue weighted by atomic mass is 16.5. The number of aromatic hydroxyl groups is 1. The summed E-state index contributed by atoms with van der Waals surface area (Å²) in [6.45, 7) is 0.263. The summed E-state index contributed by atoms with van der Waals surface area (Å²) in [5, 5.41) is 19.1. The van der Waals surface area contributed by atoms with Crippen molar-refractivity contribution in [2.45, 2.75) is 6.42 Å². The van der Waals surface area contributed by atoms with Gasteiger partial charge in [-0.05, 0) is 29.8 Å². The Morgan fingerprint density at radius 3 is 2.83 bits per heavy atom. The largest absolute Gasteiger partial charge is 0.507 e. The lowest BCUT2D eigenvalue weighted by molar-refractivity contribution is 0.306. The quantitative estimate of drug-likeness (QED) is 0.749. The van der Waals surface area contributed by atoms with E-state index in [1.807, 2.05) is 18.2 Å². The lowest BCUT2D eigenvalue weighted by Gasteiger charge is -2.06. The molecule has 5 nitrogen and oxygen atoms in total. The van der Waals surface area contributed by atoms with Gasteiger partial charge in [-0.1, -0.05) is 24.3 Å². The zero-order valence-corrected chi connectivity index (χ0v) is 12.2. The number of phenolic OH excluding ortho intramolecular Hbond substituents is 1. The van der Waals surface area contributed by atoms with Gasteiger partial charge in [0.2, 0.25) is 5.75 Å². The molecule has 0 aliphatic rings. The van der Waals surface area contributed by atoms with Gasteiger partial charge in [-0.3, -0.25) is 0 Å². The summed E-state index contributed by atoms with van der Waals surface area (Å²) in [6, 6.07) is 15.6. The molecule has 0 unspecified atom stereocenters. The Hall–Kier alpha value is -3.26. The van der Waals surface area contributed by atoms with Gasteiger partial charge < -0.3 is 14.3 Å². The first kappa shape index (κ1) is 14.7. The van der Waals surface area contributed by atoms with E-state index in [1.165, 1.54) is 6.07 Å². The van der Waals surface area contributed by atoms with Crippen LogP contribution in [-0.2, 0) is 6.42 Å². The van der Waals surface area contributed by atoms with Crippen molar-refractivity contribution in [2.75, 3.05) is 6.61 Å². The molecule has 23 heavy (non-hydrogen) atoms. The SMILES string of the molecule is N#Cc1cc(CCOc2cc3ccccc3oc2=O)ccc1O. The summed E-state index contributed by atoms with van der Waals surface area (Å²) in [5.74, 6) is 0.107. The maximum Gasteiger partial charge on any atom is 0.379 e. The van der Waals surface area contributed by atoms with E-state index >= 15 is 0 Å². The second kappa shape index (κ2) is 6.24. The van der Waals surface area contributed by atoms with Crippen LogP contribution in [0.2, 0.25) is 0 Å². The first-order valence-corrected chi connectivity index (χ1v) is 7.05. The van der Waals surface area contributed by atoms with Gasteiger partial charge in [0.15, 0.2) is 0 Å². The number of rotatable bonds is 4. The Bertz CT molecular complexity index is 953. The standard InChI is InChI=1S/C18H13NO4/c19-11-14-9-12(5-6-15(14)20)7-8-22-17-10-13-3-1-2-4-16(13)23-18(17)21/h1-6,9-10,20H,7-8H2. The Kier molecular flexibility index (Phi) is 3.98. The third kappa shape index (κ3) is 3.16. The normalized spacial score (nSPS) is 10.4. The maximum absolute atomic E-state index is 11.9. The van der Waals surface area contributed by atoms with Gasteiger partial charge in [0.25, 0.3) is 0 Å². The molecule has 0 fully saturated rings. The molecule has 3 aromatic rings. The average Bonchev–Trinajstić information content (AvgIpc) is 2.56. The number of hydrogen-bond donors (Lipinski definition) is 1. The third-order valence-corrected chi connectivity index (χ3v) is 3.44. The van der Waals surface area contributed by atoms with Gasteiger partial charge in [-0.2, -0.15) is 5.26 Å². The summed E-state index contributed by atoms with van der Waals surface area (Å²) in [6.07, 6.45) is 0.501. The monoisotopic (exact) mass is 307 g/mol. The molecule has 0 radical (unpaired) electrons. The molecule has 0 spiro atoms. The lowest BCUT2D eigenvalue weighted by atomic mass is 10.1. The molecule has 114 valence electrons. The molecule has 5 heteroatoms. The number of benzene rings is 2. The predicted molar refractivity (Wildman–Crippen MR) is 84.5 cm³/mol. The van der Waals surface area contributed by atoms with Crippen LogP contribution in [0.1, 0.15) is 11.1 Å². The summed E-state index contributed by atoms with van der Waals surface area (Å²) < 4.78 is 10.7. The predicted octanol–water partition coefficient (Wildman–Crippen LogP) is 2.99. The van der Waals surface area contributed by atoms with Crippen LogP contribution in [0.3, 0.4) is 0 Å². The molecule has 0 bridgehead atoms. The third-order valence-electron chi connectivity index (χ3n) is 3.44. The van der Waals surface area contributed by atoms with Crippen LogP contribution in [0.4, 0.5) is 0 Å². The Balaban J connectivity index is 1.73. The van der Waals surface area contributed by atoms with Gasteiger partial charge in [-0.15, -0.1) is 0 Å². The highest BCUT2D eigenvalue weighted by Gasteiger charge is 2.07. The van der Waals surface area contributed by atoms with Crippen molar-refractivity contribution in [3.63, 3.8) is 0 Å². The maximum atomic E-state index is 11.9. The molecule has 1 heterocycles. The van der Waals surface area contributed by atoms with Gasteiger partial charge >= 0.3 is 5.63 Å². The molecule has 0 saturated heterocycles. The van der Waals surface area contributed by atoms with Crippen LogP contribution in [0.15, 0.2) is 57.7 Å². The fourth-order valence-electron chi connectivity index (χ4n) is 2.25. The van der Waals surface area contributed by atoms with Crippen molar-refractivity contribution in [1.82, 2.24) is 0 Å². The van der Waals surface area contributed by atoms with E-state index in [0.29, 0.717) is 12.0 Å². The lowest BCUT2D eigenvalue weighted by Crippen LogP contribution is -2.09. The van der Waals surface area contributed by atoms with Gasteiger partial charge in [0.05, 0.1) is 12.2 Å². The van der Waals surface area contributed by atoms with Crippen molar-refractivity contribution < 1.29 is 14.3 Å². The van der Waals surface area contributed by atoms with Gasteiger partial charge in [0, 0.05) is 11.8 Å². The van der Waals surface area contributed by atoms with E-state index < -0.39 is 5.63 Å². The van der Waals surface area contributed by atoms with Crippen LogP contribution in [-0.4, -0.2) is 11.7 Å². The topological polar surface area (TPSA) is 83.5 Å². The van der Waals surface area contributed by atoms with E-state index in [2.05, 4.69) is 0 Å². The first-order chi connectivity index (χ1) is 11.2. The fourth-order valence-corrected chi connectivity index (χ4v) is 2.25. The molecule has 0 aliphatic carbocycles. The number of hydrogen-bond acceptors (Lipinski definition) is 5. The summed E-state index contributed by atoms with van der Waals surface area (Å²) in [7, 11) is 0. The fraction of sp³-hybridized carbons (Fsp3) is 0.111. The second-order valence-electron chi connectivity index (χ2n) is 5.00. The van der Waals surface area contributed by atoms with E-state index in [1.54, 1.807) is 30.3 Å². The Labute approximate surface area is 132 Å². The summed E-state index contributed by atoms with van der Waals surface area (Å²) in [5.41, 5.74) is 1.05. The molecular weight excluding hydrogens is 294 g/mol. The number of fused-ring (bicyclic) bond motifs is 1. The summed E-state index contributed by atoms with van der Waals surface area (Å²) >= 11 is 0. The van der Waals surface area contributed by atoms with Crippen LogP contribution in [0.5, 0.6) is 11.5 Å². The molecular formula is C18H13NO4. The molecule has 1 N–H and O–H groups in total. The first-order valence-electron chi connectivity index (χ1n) is 7.05. The highest BCUT2D eigenvalue weighted by Crippen LogP contribution is 2.19. The zero-order chi connectivity index (χ0) is 16.2. The number of para-hydroxylation sites is 1. The molecule has 0 aliphatic heterocycles. The molecule has 0 atom stereocenters. The van der Waals surface area contributed by atoms with Crippen molar-refractivity contribution in [1.29, 1.82) is 5.26 Å².